The molecule has 1 rings (SSSR count). The maximum atomic E-state index is 12.0. The summed E-state index contributed by atoms with van der Waals surface area (Å²) < 4.78 is 10.0. The molecule has 2 N–H and O–H groups in total. The fourth-order valence-corrected chi connectivity index (χ4v) is 1.85. The quantitative estimate of drug-likeness (QED) is 0.701. The molecular weight excluding hydrogens is 339 g/mol. The molecule has 21 heavy (non-hydrogen) atoms. The Morgan fingerprint density at radius 3 is 2.43 bits per heavy atom. The van der Waals surface area contributed by atoms with Crippen LogP contribution in [-0.4, -0.2) is 46.4 Å². The van der Waals surface area contributed by atoms with Crippen molar-refractivity contribution in [1.29, 1.82) is 0 Å². The summed E-state index contributed by atoms with van der Waals surface area (Å²) in [5.41, 5.74) is 0.360. The SMILES string of the molecule is COCCNCCNC(=O)c1cc(Cl)c(Cl)cc1OC.Cl. The Bertz CT molecular complexity index is 459. The minimum Gasteiger partial charge on any atom is -0.496 e. The molecule has 0 aromatic heterocycles. The molecule has 0 heterocycles. The highest BCUT2D eigenvalue weighted by atomic mass is 35.5. The molecule has 0 saturated heterocycles. The Morgan fingerprint density at radius 2 is 1.81 bits per heavy atom. The monoisotopic (exact) mass is 356 g/mol. The van der Waals surface area contributed by atoms with Crippen LogP contribution < -0.4 is 15.4 Å². The molecule has 1 aromatic rings. The van der Waals surface area contributed by atoms with E-state index in [2.05, 4.69) is 10.6 Å². The number of amides is 1. The van der Waals surface area contributed by atoms with Gasteiger partial charge in [0, 0.05) is 32.8 Å². The number of ether oxygens (including phenoxy) is 2. The molecule has 0 aliphatic carbocycles. The van der Waals surface area contributed by atoms with Crippen molar-refractivity contribution >= 4 is 41.5 Å². The molecule has 0 fully saturated rings. The summed E-state index contributed by atoms with van der Waals surface area (Å²) in [6.45, 7) is 2.52. The van der Waals surface area contributed by atoms with Crippen molar-refractivity contribution in [2.24, 2.45) is 0 Å². The van der Waals surface area contributed by atoms with E-state index < -0.39 is 0 Å². The lowest BCUT2D eigenvalue weighted by atomic mass is 10.2. The van der Waals surface area contributed by atoms with Gasteiger partial charge in [0.1, 0.15) is 5.75 Å². The Balaban J connectivity index is 0.00000400. The molecule has 0 aliphatic heterocycles. The fourth-order valence-electron chi connectivity index (χ4n) is 1.53. The van der Waals surface area contributed by atoms with Crippen LogP contribution in [-0.2, 0) is 4.74 Å². The molecule has 0 saturated carbocycles. The van der Waals surface area contributed by atoms with Crippen LogP contribution in [0.15, 0.2) is 12.1 Å². The number of halogens is 3. The first-order chi connectivity index (χ1) is 9.60. The van der Waals surface area contributed by atoms with Crippen LogP contribution in [0.2, 0.25) is 10.0 Å². The van der Waals surface area contributed by atoms with Gasteiger partial charge in [0.2, 0.25) is 0 Å². The van der Waals surface area contributed by atoms with Crippen molar-refractivity contribution in [2.45, 2.75) is 0 Å². The second kappa shape index (κ2) is 10.9. The predicted octanol–water partition coefficient (Wildman–Crippen LogP) is 2.39. The highest BCUT2D eigenvalue weighted by Crippen LogP contribution is 2.30. The molecule has 120 valence electrons. The molecule has 0 aliphatic rings. The molecule has 0 radical (unpaired) electrons. The van der Waals surface area contributed by atoms with Gasteiger partial charge in [0.15, 0.2) is 0 Å². The summed E-state index contributed by atoms with van der Waals surface area (Å²) in [5.74, 6) is 0.137. The van der Waals surface area contributed by atoms with E-state index in [4.69, 9.17) is 32.7 Å². The maximum Gasteiger partial charge on any atom is 0.255 e. The molecule has 5 nitrogen and oxygen atoms in total. The molecule has 0 atom stereocenters. The first-order valence-corrected chi connectivity index (χ1v) is 6.86. The number of carbonyl (C=O) groups is 1. The first kappa shape index (κ1) is 20.3. The lowest BCUT2D eigenvalue weighted by Gasteiger charge is -2.11. The Kier molecular flexibility index (Phi) is 10.6. The highest BCUT2D eigenvalue weighted by Gasteiger charge is 2.14. The van der Waals surface area contributed by atoms with Crippen LogP contribution in [0.5, 0.6) is 5.75 Å². The van der Waals surface area contributed by atoms with Crippen LogP contribution in [0.4, 0.5) is 0 Å². The number of carbonyl (C=O) groups excluding carboxylic acids is 1. The van der Waals surface area contributed by atoms with Gasteiger partial charge in [0.25, 0.3) is 5.91 Å². The van der Waals surface area contributed by atoms with Gasteiger partial charge in [0.05, 0.1) is 29.3 Å². The minimum absolute atomic E-state index is 0. The summed E-state index contributed by atoms with van der Waals surface area (Å²) in [5, 5.41) is 6.56. The van der Waals surface area contributed by atoms with E-state index in [1.54, 1.807) is 7.11 Å². The summed E-state index contributed by atoms with van der Waals surface area (Å²) >= 11 is 11.8. The summed E-state index contributed by atoms with van der Waals surface area (Å²) in [7, 11) is 3.11. The van der Waals surface area contributed by atoms with Gasteiger partial charge in [-0.25, -0.2) is 0 Å². The summed E-state index contributed by atoms with van der Waals surface area (Å²) in [6.07, 6.45) is 0. The number of methoxy groups -OCH3 is 2. The van der Waals surface area contributed by atoms with Crippen molar-refractivity contribution in [3.05, 3.63) is 27.7 Å². The van der Waals surface area contributed by atoms with Gasteiger partial charge in [-0.3, -0.25) is 4.79 Å². The smallest absolute Gasteiger partial charge is 0.255 e. The topological polar surface area (TPSA) is 59.6 Å². The molecule has 8 heteroatoms. The van der Waals surface area contributed by atoms with Crippen molar-refractivity contribution in [3.8, 4) is 5.75 Å². The lowest BCUT2D eigenvalue weighted by Crippen LogP contribution is -2.33. The van der Waals surface area contributed by atoms with Crippen LogP contribution in [0.3, 0.4) is 0 Å². The third-order valence-corrected chi connectivity index (χ3v) is 3.28. The van der Waals surface area contributed by atoms with Crippen molar-refractivity contribution in [3.63, 3.8) is 0 Å². The van der Waals surface area contributed by atoms with E-state index >= 15 is 0 Å². The number of benzene rings is 1. The third-order valence-electron chi connectivity index (χ3n) is 2.56. The first-order valence-electron chi connectivity index (χ1n) is 6.11. The molecule has 0 unspecified atom stereocenters. The van der Waals surface area contributed by atoms with Crippen molar-refractivity contribution < 1.29 is 14.3 Å². The molecular formula is C13H19Cl3N2O3. The number of hydrogen-bond acceptors (Lipinski definition) is 4. The predicted molar refractivity (Wildman–Crippen MR) is 87.3 cm³/mol. The van der Waals surface area contributed by atoms with Crippen LogP contribution >= 0.6 is 35.6 Å². The second-order valence-electron chi connectivity index (χ2n) is 3.97. The molecule has 0 bridgehead atoms. The second-order valence-corrected chi connectivity index (χ2v) is 4.78. The summed E-state index contributed by atoms with van der Waals surface area (Å²) in [6, 6.07) is 3.02. The number of rotatable bonds is 8. The van der Waals surface area contributed by atoms with Crippen LogP contribution in [0, 0.1) is 0 Å². The zero-order chi connectivity index (χ0) is 15.0. The lowest BCUT2D eigenvalue weighted by molar-refractivity contribution is 0.0950. The standard InChI is InChI=1S/C13H18Cl2N2O3.ClH/c1-19-6-5-16-3-4-17-13(18)9-7-10(14)11(15)8-12(9)20-2;/h7-8,16H,3-6H2,1-2H3,(H,17,18);1H. The van der Waals surface area contributed by atoms with E-state index in [0.717, 1.165) is 6.54 Å². The molecule has 1 aromatic carbocycles. The Morgan fingerprint density at radius 1 is 1.14 bits per heavy atom. The van der Waals surface area contributed by atoms with Gasteiger partial charge in [-0.2, -0.15) is 0 Å². The van der Waals surface area contributed by atoms with Crippen LogP contribution in [0.1, 0.15) is 10.4 Å². The average Bonchev–Trinajstić information content (AvgIpc) is 2.44. The van der Waals surface area contributed by atoms with Crippen molar-refractivity contribution in [1.82, 2.24) is 10.6 Å². The normalized spacial score (nSPS) is 9.90. The van der Waals surface area contributed by atoms with Crippen LogP contribution in [0.25, 0.3) is 0 Å². The zero-order valence-corrected chi connectivity index (χ0v) is 14.2. The fraction of sp³-hybridized carbons (Fsp3) is 0.462. The van der Waals surface area contributed by atoms with E-state index in [1.165, 1.54) is 19.2 Å². The van der Waals surface area contributed by atoms with Gasteiger partial charge in [-0.05, 0) is 6.07 Å². The maximum absolute atomic E-state index is 12.0. The van der Waals surface area contributed by atoms with E-state index in [1.807, 2.05) is 0 Å². The van der Waals surface area contributed by atoms with Gasteiger partial charge >= 0.3 is 0 Å². The van der Waals surface area contributed by atoms with Gasteiger partial charge < -0.3 is 20.1 Å². The highest BCUT2D eigenvalue weighted by molar-refractivity contribution is 6.42. The largest absolute Gasteiger partial charge is 0.496 e. The molecule has 0 spiro atoms. The number of hydrogen-bond donors (Lipinski definition) is 2. The average molecular weight is 358 g/mol. The van der Waals surface area contributed by atoms with Gasteiger partial charge in [-0.15, -0.1) is 12.4 Å². The minimum atomic E-state index is -0.256. The zero-order valence-electron chi connectivity index (χ0n) is 11.9. The summed E-state index contributed by atoms with van der Waals surface area (Å²) in [4.78, 5) is 12.0. The molecule has 1 amide bonds. The van der Waals surface area contributed by atoms with E-state index in [9.17, 15) is 4.79 Å². The Hall–Kier alpha value is -0.720. The van der Waals surface area contributed by atoms with E-state index in [0.29, 0.717) is 41.1 Å². The van der Waals surface area contributed by atoms with E-state index in [-0.39, 0.29) is 18.3 Å². The van der Waals surface area contributed by atoms with Gasteiger partial charge in [-0.1, -0.05) is 23.2 Å². The Labute approximate surface area is 140 Å². The third kappa shape index (κ3) is 6.72. The van der Waals surface area contributed by atoms with Crippen molar-refractivity contribution in [2.75, 3.05) is 40.5 Å². The number of nitrogens with one attached hydrogen (secondary N) is 2.